The van der Waals surface area contributed by atoms with Gasteiger partial charge in [-0.2, -0.15) is 0 Å². The van der Waals surface area contributed by atoms with Crippen molar-refractivity contribution in [2.24, 2.45) is 0 Å². The number of halogens is 1. The molecule has 0 fully saturated rings. The van der Waals surface area contributed by atoms with Crippen LogP contribution in [0.2, 0.25) is 5.02 Å². The lowest BCUT2D eigenvalue weighted by atomic mass is 10.1. The zero-order chi connectivity index (χ0) is 11.8. The average molecular weight is 244 g/mol. The van der Waals surface area contributed by atoms with E-state index in [9.17, 15) is 0 Å². The number of anilines is 1. The highest BCUT2D eigenvalue weighted by Gasteiger charge is 2.16. The standard InChI is InChI=1S/C14H10ClNO/c1-9-11-4-2-3-5-13(11)17-14-7-6-10(15)8-12(14)16-9/h2-8,16H,1H2. The van der Waals surface area contributed by atoms with Gasteiger partial charge in [0.15, 0.2) is 5.75 Å². The van der Waals surface area contributed by atoms with Crippen molar-refractivity contribution in [2.75, 3.05) is 5.32 Å². The Labute approximate surface area is 104 Å². The van der Waals surface area contributed by atoms with E-state index in [0.717, 1.165) is 28.4 Å². The lowest BCUT2D eigenvalue weighted by Crippen LogP contribution is -1.94. The van der Waals surface area contributed by atoms with Gasteiger partial charge in [0, 0.05) is 16.3 Å². The zero-order valence-corrected chi connectivity index (χ0v) is 9.79. The van der Waals surface area contributed by atoms with Gasteiger partial charge in [-0.15, -0.1) is 0 Å². The van der Waals surface area contributed by atoms with E-state index < -0.39 is 0 Å². The third kappa shape index (κ3) is 1.77. The van der Waals surface area contributed by atoms with Gasteiger partial charge in [0.2, 0.25) is 0 Å². The quantitative estimate of drug-likeness (QED) is 0.734. The summed E-state index contributed by atoms with van der Waals surface area (Å²) in [5, 5.41) is 3.88. The molecule has 0 aromatic heterocycles. The van der Waals surface area contributed by atoms with Crippen molar-refractivity contribution in [3.05, 3.63) is 59.6 Å². The van der Waals surface area contributed by atoms with Crippen LogP contribution in [0.25, 0.3) is 5.70 Å². The minimum absolute atomic E-state index is 0.665. The molecule has 0 radical (unpaired) electrons. The lowest BCUT2D eigenvalue weighted by molar-refractivity contribution is 0.485. The van der Waals surface area contributed by atoms with Crippen LogP contribution in [0.1, 0.15) is 5.56 Å². The number of benzene rings is 2. The van der Waals surface area contributed by atoms with Gasteiger partial charge in [-0.25, -0.2) is 0 Å². The highest BCUT2D eigenvalue weighted by atomic mass is 35.5. The van der Waals surface area contributed by atoms with Crippen LogP contribution in [0.3, 0.4) is 0 Å². The maximum Gasteiger partial charge on any atom is 0.150 e. The minimum Gasteiger partial charge on any atom is -0.454 e. The number of hydrogen-bond donors (Lipinski definition) is 1. The van der Waals surface area contributed by atoms with Crippen molar-refractivity contribution in [3.8, 4) is 11.5 Å². The van der Waals surface area contributed by atoms with Crippen LogP contribution >= 0.6 is 11.6 Å². The summed E-state index contributed by atoms with van der Waals surface area (Å²) in [6.07, 6.45) is 0. The molecule has 0 atom stereocenters. The molecule has 1 aliphatic heterocycles. The van der Waals surface area contributed by atoms with Crippen LogP contribution in [-0.2, 0) is 0 Å². The van der Waals surface area contributed by atoms with E-state index in [4.69, 9.17) is 16.3 Å². The molecule has 0 aliphatic carbocycles. The average Bonchev–Trinajstić information content (AvgIpc) is 2.46. The molecule has 17 heavy (non-hydrogen) atoms. The van der Waals surface area contributed by atoms with E-state index in [1.54, 1.807) is 6.07 Å². The number of nitrogens with one attached hydrogen (secondary N) is 1. The molecule has 3 rings (SSSR count). The third-order valence-electron chi connectivity index (χ3n) is 2.66. The first kappa shape index (κ1) is 10.2. The highest BCUT2D eigenvalue weighted by Crippen LogP contribution is 2.39. The van der Waals surface area contributed by atoms with E-state index in [-0.39, 0.29) is 0 Å². The van der Waals surface area contributed by atoms with Crippen molar-refractivity contribution in [1.82, 2.24) is 0 Å². The van der Waals surface area contributed by atoms with Crippen molar-refractivity contribution in [3.63, 3.8) is 0 Å². The van der Waals surface area contributed by atoms with Gasteiger partial charge in [-0.05, 0) is 30.3 Å². The van der Waals surface area contributed by atoms with Crippen LogP contribution in [0.15, 0.2) is 49.0 Å². The molecule has 3 heteroatoms. The van der Waals surface area contributed by atoms with E-state index in [1.807, 2.05) is 36.4 Å². The molecule has 0 unspecified atom stereocenters. The van der Waals surface area contributed by atoms with E-state index in [0.29, 0.717) is 5.02 Å². The summed E-state index contributed by atoms with van der Waals surface area (Å²) < 4.78 is 5.85. The summed E-state index contributed by atoms with van der Waals surface area (Å²) in [6, 6.07) is 13.3. The Hall–Kier alpha value is -1.93. The molecular weight excluding hydrogens is 234 g/mol. The summed E-state index contributed by atoms with van der Waals surface area (Å²) in [6.45, 7) is 4.01. The van der Waals surface area contributed by atoms with Crippen LogP contribution < -0.4 is 10.1 Å². The Morgan fingerprint density at radius 3 is 2.76 bits per heavy atom. The zero-order valence-electron chi connectivity index (χ0n) is 9.03. The normalized spacial score (nSPS) is 12.9. The van der Waals surface area contributed by atoms with E-state index >= 15 is 0 Å². The SMILES string of the molecule is C=C1Nc2cc(Cl)ccc2Oc2ccccc21. The lowest BCUT2D eigenvalue weighted by Gasteiger charge is -2.07. The van der Waals surface area contributed by atoms with Crippen LogP contribution in [0.4, 0.5) is 5.69 Å². The third-order valence-corrected chi connectivity index (χ3v) is 2.89. The summed E-state index contributed by atoms with van der Waals surface area (Å²) in [7, 11) is 0. The Balaban J connectivity index is 2.17. The van der Waals surface area contributed by atoms with Gasteiger partial charge in [-0.3, -0.25) is 0 Å². The molecule has 0 saturated heterocycles. The van der Waals surface area contributed by atoms with Gasteiger partial charge in [0.25, 0.3) is 0 Å². The summed E-state index contributed by atoms with van der Waals surface area (Å²) >= 11 is 5.96. The largest absolute Gasteiger partial charge is 0.454 e. The molecule has 1 heterocycles. The van der Waals surface area contributed by atoms with Gasteiger partial charge < -0.3 is 10.1 Å². The molecule has 0 bridgehead atoms. The van der Waals surface area contributed by atoms with Gasteiger partial charge in [-0.1, -0.05) is 30.3 Å². The smallest absolute Gasteiger partial charge is 0.150 e. The van der Waals surface area contributed by atoms with Crippen LogP contribution in [0, 0.1) is 0 Å². The second-order valence-electron chi connectivity index (χ2n) is 3.84. The second kappa shape index (κ2) is 3.82. The van der Waals surface area contributed by atoms with Crippen molar-refractivity contribution < 1.29 is 4.74 Å². The fourth-order valence-corrected chi connectivity index (χ4v) is 2.01. The minimum atomic E-state index is 0.665. The molecule has 2 aromatic rings. The predicted octanol–water partition coefficient (Wildman–Crippen LogP) is 4.53. The number of fused-ring (bicyclic) bond motifs is 2. The summed E-state index contributed by atoms with van der Waals surface area (Å²) in [5.41, 5.74) is 2.60. The Morgan fingerprint density at radius 2 is 1.88 bits per heavy atom. The maximum absolute atomic E-state index is 5.96. The van der Waals surface area contributed by atoms with Crippen LogP contribution in [0.5, 0.6) is 11.5 Å². The molecule has 0 spiro atoms. The fourth-order valence-electron chi connectivity index (χ4n) is 1.84. The van der Waals surface area contributed by atoms with Crippen molar-refractivity contribution in [2.45, 2.75) is 0 Å². The van der Waals surface area contributed by atoms with Crippen molar-refractivity contribution in [1.29, 1.82) is 0 Å². The van der Waals surface area contributed by atoms with Gasteiger partial charge in [0.05, 0.1) is 5.69 Å². The number of rotatable bonds is 0. The molecule has 2 nitrogen and oxygen atoms in total. The monoisotopic (exact) mass is 243 g/mol. The van der Waals surface area contributed by atoms with Gasteiger partial charge >= 0.3 is 0 Å². The topological polar surface area (TPSA) is 21.3 Å². The highest BCUT2D eigenvalue weighted by molar-refractivity contribution is 6.31. The molecule has 2 aromatic carbocycles. The van der Waals surface area contributed by atoms with E-state index in [2.05, 4.69) is 11.9 Å². The Bertz CT molecular complexity index is 607. The molecule has 84 valence electrons. The maximum atomic E-state index is 5.96. The molecule has 0 saturated carbocycles. The summed E-state index contributed by atoms with van der Waals surface area (Å²) in [5.74, 6) is 1.55. The fraction of sp³-hybridized carbons (Fsp3) is 0. The number of ether oxygens (including phenoxy) is 1. The number of para-hydroxylation sites is 1. The summed E-state index contributed by atoms with van der Waals surface area (Å²) in [4.78, 5) is 0. The first-order valence-electron chi connectivity index (χ1n) is 5.27. The Morgan fingerprint density at radius 1 is 1.06 bits per heavy atom. The van der Waals surface area contributed by atoms with Crippen molar-refractivity contribution >= 4 is 23.0 Å². The first-order valence-corrected chi connectivity index (χ1v) is 5.64. The predicted molar refractivity (Wildman–Crippen MR) is 70.6 cm³/mol. The number of hydrogen-bond acceptors (Lipinski definition) is 2. The van der Waals surface area contributed by atoms with Crippen LogP contribution in [-0.4, -0.2) is 0 Å². The molecule has 1 N–H and O–H groups in total. The van der Waals surface area contributed by atoms with E-state index in [1.165, 1.54) is 0 Å². The molecule has 1 aliphatic rings. The van der Waals surface area contributed by atoms with Gasteiger partial charge in [0.1, 0.15) is 5.75 Å². The first-order chi connectivity index (χ1) is 8.24. The molecular formula is C14H10ClNO. The molecule has 0 amide bonds. The second-order valence-corrected chi connectivity index (χ2v) is 4.28. The Kier molecular flexibility index (Phi) is 2.30.